The molecule has 0 unspecified atom stereocenters. The van der Waals surface area contributed by atoms with Crippen molar-refractivity contribution in [3.63, 3.8) is 0 Å². The van der Waals surface area contributed by atoms with Gasteiger partial charge in [-0.05, 0) is 37.0 Å². The Kier molecular flexibility index (Phi) is 4.31. The van der Waals surface area contributed by atoms with Crippen molar-refractivity contribution in [1.29, 1.82) is 0 Å². The molecule has 0 bridgehead atoms. The second-order valence-corrected chi connectivity index (χ2v) is 6.35. The molecule has 1 aromatic carbocycles. The fourth-order valence-corrected chi connectivity index (χ4v) is 3.41. The lowest BCUT2D eigenvalue weighted by Crippen LogP contribution is -2.29. The molecule has 1 saturated heterocycles. The van der Waals surface area contributed by atoms with Gasteiger partial charge in [-0.25, -0.2) is 19.3 Å². The zero-order valence-electron chi connectivity index (χ0n) is 14.0. The Morgan fingerprint density at radius 1 is 1.24 bits per heavy atom. The van der Waals surface area contributed by atoms with Crippen LogP contribution in [0.25, 0.3) is 10.9 Å². The number of halogens is 1. The number of nitrogens with zero attached hydrogens (tertiary/aromatic N) is 4. The maximum Gasteiger partial charge on any atom is 0.137 e. The maximum atomic E-state index is 13.7. The number of aryl methyl sites for hydroxylation is 1. The topological polar surface area (TPSA) is 64.9 Å². The molecule has 1 aliphatic heterocycles. The number of aromatic nitrogens is 4. The van der Waals surface area contributed by atoms with E-state index in [1.807, 2.05) is 17.8 Å². The largest absolute Gasteiger partial charge is 0.381 e. The minimum atomic E-state index is -0.301. The van der Waals surface area contributed by atoms with Crippen LogP contribution >= 0.6 is 0 Å². The van der Waals surface area contributed by atoms with Gasteiger partial charge in [0.05, 0.1) is 11.6 Å². The third kappa shape index (κ3) is 3.19. The van der Waals surface area contributed by atoms with Crippen molar-refractivity contribution in [1.82, 2.24) is 19.5 Å². The summed E-state index contributed by atoms with van der Waals surface area (Å²) in [4.78, 5) is 13.1. The number of anilines is 1. The SMILES string of the molecule is Cn1ccnc1[C@@H](Nc1ncnc2ccc(F)cc12)C1CCOCC1. The van der Waals surface area contributed by atoms with Gasteiger partial charge in [0.15, 0.2) is 0 Å². The van der Waals surface area contributed by atoms with Gasteiger partial charge in [0, 0.05) is 38.0 Å². The molecule has 1 N–H and O–H groups in total. The van der Waals surface area contributed by atoms with E-state index in [0.717, 1.165) is 31.9 Å². The molecule has 1 fully saturated rings. The summed E-state index contributed by atoms with van der Waals surface area (Å²) in [6.07, 6.45) is 7.12. The first-order valence-electron chi connectivity index (χ1n) is 8.44. The van der Waals surface area contributed by atoms with Crippen LogP contribution < -0.4 is 5.32 Å². The van der Waals surface area contributed by atoms with Crippen LogP contribution in [-0.4, -0.2) is 32.7 Å². The number of hydrogen-bond donors (Lipinski definition) is 1. The van der Waals surface area contributed by atoms with Crippen LogP contribution in [0.4, 0.5) is 10.2 Å². The molecule has 3 heterocycles. The fourth-order valence-electron chi connectivity index (χ4n) is 3.41. The van der Waals surface area contributed by atoms with Crippen LogP contribution in [-0.2, 0) is 11.8 Å². The van der Waals surface area contributed by atoms with E-state index >= 15 is 0 Å². The lowest BCUT2D eigenvalue weighted by atomic mass is 9.91. The van der Waals surface area contributed by atoms with E-state index in [4.69, 9.17) is 4.74 Å². The number of fused-ring (bicyclic) bond motifs is 1. The highest BCUT2D eigenvalue weighted by Crippen LogP contribution is 2.33. The number of benzene rings is 1. The van der Waals surface area contributed by atoms with Crippen LogP contribution in [0.5, 0.6) is 0 Å². The Labute approximate surface area is 145 Å². The van der Waals surface area contributed by atoms with E-state index < -0.39 is 0 Å². The van der Waals surface area contributed by atoms with Crippen molar-refractivity contribution in [3.8, 4) is 0 Å². The molecule has 130 valence electrons. The number of rotatable bonds is 4. The van der Waals surface area contributed by atoms with Gasteiger partial charge in [0.1, 0.15) is 23.8 Å². The second kappa shape index (κ2) is 6.76. The van der Waals surface area contributed by atoms with Crippen molar-refractivity contribution in [3.05, 3.63) is 48.6 Å². The van der Waals surface area contributed by atoms with Gasteiger partial charge < -0.3 is 14.6 Å². The van der Waals surface area contributed by atoms with Gasteiger partial charge in [-0.2, -0.15) is 0 Å². The molecule has 2 aromatic heterocycles. The third-order valence-corrected chi connectivity index (χ3v) is 4.76. The zero-order valence-corrected chi connectivity index (χ0v) is 14.0. The molecule has 1 aliphatic rings. The minimum Gasteiger partial charge on any atom is -0.381 e. The van der Waals surface area contributed by atoms with Gasteiger partial charge in [-0.3, -0.25) is 0 Å². The lowest BCUT2D eigenvalue weighted by Gasteiger charge is -2.31. The van der Waals surface area contributed by atoms with E-state index in [-0.39, 0.29) is 11.9 Å². The van der Waals surface area contributed by atoms with Gasteiger partial charge in [-0.1, -0.05) is 0 Å². The molecule has 25 heavy (non-hydrogen) atoms. The number of nitrogens with one attached hydrogen (secondary N) is 1. The van der Waals surface area contributed by atoms with E-state index in [9.17, 15) is 4.39 Å². The molecule has 0 radical (unpaired) electrons. The van der Waals surface area contributed by atoms with E-state index in [1.54, 1.807) is 12.3 Å². The number of imidazole rings is 1. The number of hydrogen-bond acceptors (Lipinski definition) is 5. The van der Waals surface area contributed by atoms with Crippen molar-refractivity contribution in [2.24, 2.45) is 13.0 Å². The van der Waals surface area contributed by atoms with Crippen molar-refractivity contribution in [2.45, 2.75) is 18.9 Å². The lowest BCUT2D eigenvalue weighted by molar-refractivity contribution is 0.0594. The average molecular weight is 341 g/mol. The van der Waals surface area contributed by atoms with E-state index in [2.05, 4.69) is 20.3 Å². The Hall–Kier alpha value is -2.54. The molecule has 7 heteroatoms. The maximum absolute atomic E-state index is 13.7. The quantitative estimate of drug-likeness (QED) is 0.790. The summed E-state index contributed by atoms with van der Waals surface area (Å²) in [5.41, 5.74) is 0.712. The molecule has 1 atom stereocenters. The van der Waals surface area contributed by atoms with E-state index in [1.165, 1.54) is 18.5 Å². The summed E-state index contributed by atoms with van der Waals surface area (Å²) in [6.45, 7) is 1.48. The van der Waals surface area contributed by atoms with Crippen LogP contribution in [0.1, 0.15) is 24.7 Å². The first-order chi connectivity index (χ1) is 12.2. The Morgan fingerprint density at radius 2 is 2.08 bits per heavy atom. The van der Waals surface area contributed by atoms with Crippen molar-refractivity contribution in [2.75, 3.05) is 18.5 Å². The summed E-state index contributed by atoms with van der Waals surface area (Å²) >= 11 is 0. The Bertz CT molecular complexity index is 875. The highest BCUT2D eigenvalue weighted by molar-refractivity contribution is 5.88. The Balaban J connectivity index is 1.74. The van der Waals surface area contributed by atoms with Crippen molar-refractivity contribution < 1.29 is 9.13 Å². The van der Waals surface area contributed by atoms with Gasteiger partial charge in [0.2, 0.25) is 0 Å². The predicted octanol–water partition coefficient (Wildman–Crippen LogP) is 3.08. The monoisotopic (exact) mass is 341 g/mol. The normalized spacial score (nSPS) is 16.9. The minimum absolute atomic E-state index is 0.0229. The second-order valence-electron chi connectivity index (χ2n) is 6.35. The third-order valence-electron chi connectivity index (χ3n) is 4.76. The average Bonchev–Trinajstić information content (AvgIpc) is 3.06. The van der Waals surface area contributed by atoms with Crippen LogP contribution in [0, 0.1) is 11.7 Å². The molecule has 3 aromatic rings. The van der Waals surface area contributed by atoms with Crippen molar-refractivity contribution >= 4 is 16.7 Å². The molecule has 0 spiro atoms. The summed E-state index contributed by atoms with van der Waals surface area (Å²) in [7, 11) is 1.98. The highest BCUT2D eigenvalue weighted by atomic mass is 19.1. The van der Waals surface area contributed by atoms with Crippen LogP contribution in [0.3, 0.4) is 0 Å². The van der Waals surface area contributed by atoms with Gasteiger partial charge in [0.25, 0.3) is 0 Å². The zero-order chi connectivity index (χ0) is 17.2. The van der Waals surface area contributed by atoms with E-state index in [0.29, 0.717) is 22.6 Å². The molecule has 6 nitrogen and oxygen atoms in total. The predicted molar refractivity (Wildman–Crippen MR) is 92.6 cm³/mol. The highest BCUT2D eigenvalue weighted by Gasteiger charge is 2.29. The number of ether oxygens (including phenoxy) is 1. The first-order valence-corrected chi connectivity index (χ1v) is 8.44. The van der Waals surface area contributed by atoms with Gasteiger partial charge >= 0.3 is 0 Å². The summed E-state index contributed by atoms with van der Waals surface area (Å²) in [5.74, 6) is 1.64. The summed E-state index contributed by atoms with van der Waals surface area (Å²) < 4.78 is 21.2. The summed E-state index contributed by atoms with van der Waals surface area (Å²) in [6, 6.07) is 4.53. The molecule has 0 saturated carbocycles. The fraction of sp³-hybridized carbons (Fsp3) is 0.389. The van der Waals surface area contributed by atoms with Crippen LogP contribution in [0.15, 0.2) is 36.9 Å². The molecular weight excluding hydrogens is 321 g/mol. The molecular formula is C18H20FN5O. The smallest absolute Gasteiger partial charge is 0.137 e. The molecule has 4 rings (SSSR count). The molecule has 0 amide bonds. The summed E-state index contributed by atoms with van der Waals surface area (Å²) in [5, 5.41) is 4.18. The first kappa shape index (κ1) is 16.0. The van der Waals surface area contributed by atoms with Gasteiger partial charge in [-0.15, -0.1) is 0 Å². The van der Waals surface area contributed by atoms with Crippen LogP contribution in [0.2, 0.25) is 0 Å². The molecule has 0 aliphatic carbocycles. The standard InChI is InChI=1S/C18H20FN5O/c1-24-7-6-20-18(24)16(12-4-8-25-9-5-12)23-17-14-10-13(19)2-3-15(14)21-11-22-17/h2-3,6-7,10-12,16H,4-5,8-9H2,1H3,(H,21,22,23)/t16-/m0/s1. The Morgan fingerprint density at radius 3 is 2.84 bits per heavy atom.